The molecule has 6 nitrogen and oxygen atoms in total. The summed E-state index contributed by atoms with van der Waals surface area (Å²) in [6, 6.07) is 0. The predicted molar refractivity (Wildman–Crippen MR) is 83.1 cm³/mol. The van der Waals surface area contributed by atoms with Gasteiger partial charge in [0, 0.05) is 25.7 Å². The number of hydrogen-bond acceptors (Lipinski definition) is 6. The van der Waals surface area contributed by atoms with Crippen molar-refractivity contribution < 1.29 is 29.2 Å². The Morgan fingerprint density at radius 3 is 1.21 bits per heavy atom. The molecule has 5 aliphatic rings. The molecule has 2 spiro atoms. The van der Waals surface area contributed by atoms with Crippen molar-refractivity contribution in [2.24, 2.45) is 0 Å². The summed E-state index contributed by atoms with van der Waals surface area (Å²) in [7, 11) is 0. The molecule has 0 aromatic carbocycles. The first-order chi connectivity index (χ1) is 11.6. The summed E-state index contributed by atoms with van der Waals surface area (Å²) in [5, 5.41) is 21.2. The van der Waals surface area contributed by atoms with Crippen LogP contribution >= 0.6 is 0 Å². The Bertz CT molecular complexity index is 440. The Kier molecular flexibility index (Phi) is 3.75. The lowest BCUT2D eigenvalue weighted by Gasteiger charge is -2.38. The lowest BCUT2D eigenvalue weighted by molar-refractivity contribution is -0.224. The number of rotatable bonds is 0. The van der Waals surface area contributed by atoms with Crippen molar-refractivity contribution in [1.82, 2.24) is 0 Å². The van der Waals surface area contributed by atoms with Crippen molar-refractivity contribution in [3.8, 4) is 0 Å². The fourth-order valence-electron chi connectivity index (χ4n) is 5.39. The van der Waals surface area contributed by atoms with Crippen molar-refractivity contribution in [2.45, 2.75) is 112 Å². The van der Waals surface area contributed by atoms with Crippen LogP contribution in [0.5, 0.6) is 0 Å². The zero-order chi connectivity index (χ0) is 16.4. The molecule has 136 valence electrons. The fourth-order valence-corrected chi connectivity index (χ4v) is 5.39. The first kappa shape index (κ1) is 16.0. The van der Waals surface area contributed by atoms with E-state index in [0.717, 1.165) is 51.4 Å². The van der Waals surface area contributed by atoms with E-state index in [1.54, 1.807) is 0 Å². The molecule has 0 unspecified atom stereocenters. The van der Waals surface area contributed by atoms with Crippen LogP contribution in [0.2, 0.25) is 0 Å². The molecule has 2 heterocycles. The van der Waals surface area contributed by atoms with Gasteiger partial charge in [-0.15, -0.1) is 0 Å². The predicted octanol–water partition coefficient (Wildman–Crippen LogP) is 1.61. The molecule has 2 N–H and O–H groups in total. The van der Waals surface area contributed by atoms with Crippen molar-refractivity contribution >= 4 is 0 Å². The highest BCUT2D eigenvalue weighted by molar-refractivity contribution is 5.09. The van der Waals surface area contributed by atoms with Gasteiger partial charge in [0.15, 0.2) is 11.6 Å². The molecule has 2 aliphatic heterocycles. The topological polar surface area (TPSA) is 77.4 Å². The van der Waals surface area contributed by atoms with E-state index < -0.39 is 36.0 Å². The van der Waals surface area contributed by atoms with E-state index in [1.165, 1.54) is 12.8 Å². The van der Waals surface area contributed by atoms with E-state index in [0.29, 0.717) is 0 Å². The van der Waals surface area contributed by atoms with Crippen LogP contribution in [0.1, 0.15) is 64.2 Å². The summed E-state index contributed by atoms with van der Waals surface area (Å²) in [5.74, 6) is -1.20. The van der Waals surface area contributed by atoms with Crippen molar-refractivity contribution in [3.05, 3.63) is 0 Å². The van der Waals surface area contributed by atoms with Gasteiger partial charge in [-0.2, -0.15) is 0 Å². The summed E-state index contributed by atoms with van der Waals surface area (Å²) < 4.78 is 25.1. The summed E-state index contributed by atoms with van der Waals surface area (Å²) in [6.45, 7) is 0. The van der Waals surface area contributed by atoms with Gasteiger partial charge in [-0.1, -0.05) is 12.8 Å². The number of aliphatic hydroxyl groups excluding tert-OH is 2. The molecule has 0 amide bonds. The molecular weight excluding hydrogens is 312 g/mol. The second-order valence-corrected chi connectivity index (χ2v) is 8.25. The van der Waals surface area contributed by atoms with Crippen LogP contribution in [-0.2, 0) is 18.9 Å². The van der Waals surface area contributed by atoms with Gasteiger partial charge in [0.25, 0.3) is 0 Å². The van der Waals surface area contributed by atoms with Crippen molar-refractivity contribution in [2.75, 3.05) is 0 Å². The van der Waals surface area contributed by atoms with Crippen LogP contribution in [0.4, 0.5) is 0 Å². The van der Waals surface area contributed by atoms with E-state index in [4.69, 9.17) is 18.9 Å². The zero-order valence-corrected chi connectivity index (χ0v) is 14.1. The van der Waals surface area contributed by atoms with E-state index >= 15 is 0 Å². The molecule has 3 saturated carbocycles. The summed E-state index contributed by atoms with van der Waals surface area (Å²) >= 11 is 0. The number of fused-ring (bicyclic) bond motifs is 3. The van der Waals surface area contributed by atoms with Crippen LogP contribution in [0.15, 0.2) is 0 Å². The second kappa shape index (κ2) is 5.63. The van der Waals surface area contributed by atoms with E-state index in [9.17, 15) is 10.2 Å². The second-order valence-electron chi connectivity index (χ2n) is 8.25. The lowest BCUT2D eigenvalue weighted by atomic mass is 9.85. The van der Waals surface area contributed by atoms with Gasteiger partial charge >= 0.3 is 0 Å². The number of aliphatic hydroxyl groups is 2. The normalized spacial score (nSPS) is 49.2. The largest absolute Gasteiger partial charge is 0.387 e. The standard InChI is InChI=1S/C18H28O6/c19-11-12(20)14-16(24-18(22-14)9-5-2-6-10-18)15-13(11)21-17(23-15)7-3-1-4-8-17/h11-16,19-20H,1-10H2/t11-,12-,13+,14+,15-,16+/m1/s1. The van der Waals surface area contributed by atoms with Crippen LogP contribution in [0.25, 0.3) is 0 Å². The highest BCUT2D eigenvalue weighted by Crippen LogP contribution is 2.51. The SMILES string of the molecule is O[C@@H]1[C@@H](O)[C@@H]2OC3(CCCCC3)O[C@H]2[C@H]2OC3(CCCCC3)O[C@@H]12. The minimum absolute atomic E-state index is 0.354. The Hall–Kier alpha value is -0.240. The quantitative estimate of drug-likeness (QED) is 0.698. The van der Waals surface area contributed by atoms with Crippen LogP contribution < -0.4 is 0 Å². The number of ether oxygens (including phenoxy) is 4. The smallest absolute Gasteiger partial charge is 0.169 e. The van der Waals surface area contributed by atoms with Crippen LogP contribution in [0.3, 0.4) is 0 Å². The maximum atomic E-state index is 10.6. The molecule has 2 saturated heterocycles. The van der Waals surface area contributed by atoms with Gasteiger partial charge in [0.1, 0.15) is 36.6 Å². The molecule has 3 aliphatic carbocycles. The van der Waals surface area contributed by atoms with Crippen molar-refractivity contribution in [1.29, 1.82) is 0 Å². The first-order valence-electron chi connectivity index (χ1n) is 9.69. The molecule has 5 fully saturated rings. The molecule has 6 heteroatoms. The van der Waals surface area contributed by atoms with Gasteiger partial charge in [0.2, 0.25) is 0 Å². The van der Waals surface area contributed by atoms with Gasteiger partial charge in [-0.25, -0.2) is 0 Å². The third kappa shape index (κ3) is 2.31. The maximum absolute atomic E-state index is 10.6. The molecule has 0 radical (unpaired) electrons. The Labute approximate surface area is 142 Å². The van der Waals surface area contributed by atoms with E-state index in [1.807, 2.05) is 0 Å². The van der Waals surface area contributed by atoms with E-state index in [-0.39, 0.29) is 12.2 Å². The maximum Gasteiger partial charge on any atom is 0.169 e. The van der Waals surface area contributed by atoms with Gasteiger partial charge < -0.3 is 29.2 Å². The minimum Gasteiger partial charge on any atom is -0.387 e. The average molecular weight is 340 g/mol. The van der Waals surface area contributed by atoms with Gasteiger partial charge in [0.05, 0.1) is 0 Å². The van der Waals surface area contributed by atoms with Crippen LogP contribution in [-0.4, -0.2) is 58.4 Å². The molecule has 0 aromatic rings. The summed E-state index contributed by atoms with van der Waals surface area (Å²) in [4.78, 5) is 0. The van der Waals surface area contributed by atoms with Crippen molar-refractivity contribution in [3.63, 3.8) is 0 Å². The average Bonchev–Trinajstić information content (AvgIpc) is 3.14. The molecule has 6 atom stereocenters. The van der Waals surface area contributed by atoms with E-state index in [2.05, 4.69) is 0 Å². The molecule has 0 bridgehead atoms. The monoisotopic (exact) mass is 340 g/mol. The molecule has 5 rings (SSSR count). The first-order valence-corrected chi connectivity index (χ1v) is 9.69. The Balaban J connectivity index is 1.42. The minimum atomic E-state index is -0.986. The third-order valence-corrected chi connectivity index (χ3v) is 6.63. The summed E-state index contributed by atoms with van der Waals surface area (Å²) in [6.07, 6.45) is 6.38. The Morgan fingerprint density at radius 2 is 0.833 bits per heavy atom. The highest BCUT2D eigenvalue weighted by atomic mass is 16.8. The fraction of sp³-hybridized carbons (Fsp3) is 1.00. The molecule has 0 aromatic heterocycles. The lowest BCUT2D eigenvalue weighted by Crippen LogP contribution is -2.61. The Morgan fingerprint density at radius 1 is 0.500 bits per heavy atom. The van der Waals surface area contributed by atoms with Gasteiger partial charge in [-0.3, -0.25) is 0 Å². The molecular formula is C18H28O6. The zero-order valence-electron chi connectivity index (χ0n) is 14.1. The van der Waals surface area contributed by atoms with Crippen LogP contribution in [0, 0.1) is 0 Å². The van der Waals surface area contributed by atoms with Gasteiger partial charge in [-0.05, 0) is 25.7 Å². The summed E-state index contributed by atoms with van der Waals surface area (Å²) in [5.41, 5.74) is 0. The number of hydrogen-bond donors (Lipinski definition) is 2. The molecule has 24 heavy (non-hydrogen) atoms. The third-order valence-electron chi connectivity index (χ3n) is 6.63. The highest BCUT2D eigenvalue weighted by Gasteiger charge is 2.65.